The lowest BCUT2D eigenvalue weighted by atomic mass is 10.2. The van der Waals surface area contributed by atoms with Crippen molar-refractivity contribution in [2.75, 3.05) is 39.5 Å². The van der Waals surface area contributed by atoms with E-state index in [1.54, 1.807) is 4.90 Å². The lowest BCUT2D eigenvalue weighted by Crippen LogP contribution is -3.11. The van der Waals surface area contributed by atoms with Gasteiger partial charge in [0.25, 0.3) is 0 Å². The molecule has 0 bridgehead atoms. The number of rotatable bonds is 9. The number of para-hydroxylation sites is 1. The van der Waals surface area contributed by atoms with Gasteiger partial charge in [-0.05, 0) is 32.4 Å². The standard InChI is InChI=1S/C15H24ClNO2/c1-4-17(5-2)9-10-18-11-12-19-15-13(3)7-6-8-14(15)16/h6-8H,4-5,9-12H2,1-3H3/p+1. The Bertz CT molecular complexity index is 347. The lowest BCUT2D eigenvalue weighted by molar-refractivity contribution is -0.896. The summed E-state index contributed by atoms with van der Waals surface area (Å²) in [7, 11) is 0. The van der Waals surface area contributed by atoms with Crippen molar-refractivity contribution in [3.8, 4) is 5.75 Å². The summed E-state index contributed by atoms with van der Waals surface area (Å²) >= 11 is 6.08. The van der Waals surface area contributed by atoms with Gasteiger partial charge in [0.05, 0.1) is 31.3 Å². The summed E-state index contributed by atoms with van der Waals surface area (Å²) in [5.74, 6) is 0.766. The molecule has 108 valence electrons. The molecule has 1 rings (SSSR count). The average Bonchev–Trinajstić information content (AvgIpc) is 2.41. The van der Waals surface area contributed by atoms with Crippen LogP contribution in [0, 0.1) is 6.92 Å². The van der Waals surface area contributed by atoms with Crippen molar-refractivity contribution >= 4 is 11.6 Å². The fourth-order valence-corrected chi connectivity index (χ4v) is 2.20. The molecule has 0 saturated carbocycles. The number of aryl methyl sites for hydroxylation is 1. The third kappa shape index (κ3) is 5.81. The van der Waals surface area contributed by atoms with Crippen molar-refractivity contribution in [1.82, 2.24) is 0 Å². The molecule has 0 heterocycles. The minimum Gasteiger partial charge on any atom is -0.489 e. The molecular weight excluding hydrogens is 262 g/mol. The van der Waals surface area contributed by atoms with Crippen LogP contribution in [0.25, 0.3) is 0 Å². The van der Waals surface area contributed by atoms with Gasteiger partial charge in [0.15, 0.2) is 0 Å². The zero-order chi connectivity index (χ0) is 14.1. The molecular formula is C15H25ClNO2+. The van der Waals surface area contributed by atoms with E-state index in [0.29, 0.717) is 18.2 Å². The quantitative estimate of drug-likeness (QED) is 0.702. The van der Waals surface area contributed by atoms with Gasteiger partial charge in [-0.25, -0.2) is 0 Å². The van der Waals surface area contributed by atoms with Gasteiger partial charge in [-0.2, -0.15) is 0 Å². The number of quaternary nitrogens is 1. The highest BCUT2D eigenvalue weighted by atomic mass is 35.5. The van der Waals surface area contributed by atoms with Gasteiger partial charge in [0, 0.05) is 0 Å². The van der Waals surface area contributed by atoms with Gasteiger partial charge in [-0.3, -0.25) is 0 Å². The molecule has 0 aromatic heterocycles. The molecule has 0 aliphatic carbocycles. The number of hydrogen-bond acceptors (Lipinski definition) is 2. The lowest BCUT2D eigenvalue weighted by Gasteiger charge is -2.15. The summed E-state index contributed by atoms with van der Waals surface area (Å²) in [4.78, 5) is 1.56. The molecule has 1 N–H and O–H groups in total. The van der Waals surface area contributed by atoms with Crippen LogP contribution < -0.4 is 9.64 Å². The third-order valence-electron chi connectivity index (χ3n) is 3.24. The van der Waals surface area contributed by atoms with Crippen molar-refractivity contribution in [2.24, 2.45) is 0 Å². The zero-order valence-corrected chi connectivity index (χ0v) is 12.9. The van der Waals surface area contributed by atoms with Crippen LogP contribution in [0.4, 0.5) is 0 Å². The van der Waals surface area contributed by atoms with Crippen molar-refractivity contribution in [2.45, 2.75) is 20.8 Å². The van der Waals surface area contributed by atoms with E-state index in [0.717, 1.165) is 37.6 Å². The molecule has 0 radical (unpaired) electrons. The molecule has 1 aromatic carbocycles. The maximum Gasteiger partial charge on any atom is 0.140 e. The molecule has 0 fully saturated rings. The van der Waals surface area contributed by atoms with Crippen LogP contribution in [0.1, 0.15) is 19.4 Å². The fraction of sp³-hybridized carbons (Fsp3) is 0.600. The van der Waals surface area contributed by atoms with E-state index in [9.17, 15) is 0 Å². The first-order valence-corrected chi connectivity index (χ1v) is 7.36. The number of ether oxygens (including phenoxy) is 2. The first-order valence-electron chi connectivity index (χ1n) is 6.98. The number of nitrogens with one attached hydrogen (secondary N) is 1. The summed E-state index contributed by atoms with van der Waals surface area (Å²) in [6, 6.07) is 5.76. The van der Waals surface area contributed by atoms with E-state index < -0.39 is 0 Å². The molecule has 1 aromatic rings. The van der Waals surface area contributed by atoms with Gasteiger partial charge >= 0.3 is 0 Å². The summed E-state index contributed by atoms with van der Waals surface area (Å²) in [5.41, 5.74) is 1.06. The Kier molecular flexibility index (Phi) is 7.87. The Balaban J connectivity index is 2.17. The van der Waals surface area contributed by atoms with Gasteiger partial charge in [0.2, 0.25) is 0 Å². The molecule has 19 heavy (non-hydrogen) atoms. The predicted octanol–water partition coefficient (Wildman–Crippen LogP) is 1.97. The van der Waals surface area contributed by atoms with Crippen molar-refractivity contribution in [3.63, 3.8) is 0 Å². The Morgan fingerprint density at radius 3 is 2.47 bits per heavy atom. The average molecular weight is 287 g/mol. The Morgan fingerprint density at radius 1 is 1.11 bits per heavy atom. The van der Waals surface area contributed by atoms with E-state index in [2.05, 4.69) is 13.8 Å². The molecule has 0 amide bonds. The second kappa shape index (κ2) is 9.18. The SMILES string of the molecule is CC[NH+](CC)CCOCCOc1c(C)cccc1Cl. The second-order valence-corrected chi connectivity index (χ2v) is 4.96. The Morgan fingerprint density at radius 2 is 1.84 bits per heavy atom. The highest BCUT2D eigenvalue weighted by molar-refractivity contribution is 6.32. The smallest absolute Gasteiger partial charge is 0.140 e. The second-order valence-electron chi connectivity index (χ2n) is 4.55. The minimum absolute atomic E-state index is 0.540. The van der Waals surface area contributed by atoms with Crippen LogP contribution in [0.5, 0.6) is 5.75 Å². The van der Waals surface area contributed by atoms with Crippen molar-refractivity contribution < 1.29 is 14.4 Å². The fourth-order valence-electron chi connectivity index (χ4n) is 1.92. The van der Waals surface area contributed by atoms with Crippen LogP contribution in [-0.4, -0.2) is 39.5 Å². The van der Waals surface area contributed by atoms with Crippen molar-refractivity contribution in [1.29, 1.82) is 0 Å². The van der Waals surface area contributed by atoms with Crippen LogP contribution >= 0.6 is 11.6 Å². The normalized spacial score (nSPS) is 11.0. The predicted molar refractivity (Wildman–Crippen MR) is 79.4 cm³/mol. The zero-order valence-electron chi connectivity index (χ0n) is 12.2. The number of halogens is 1. The van der Waals surface area contributed by atoms with Crippen LogP contribution in [0.2, 0.25) is 5.02 Å². The Labute approximate surface area is 121 Å². The summed E-state index contributed by atoms with van der Waals surface area (Å²) in [5, 5.41) is 0.660. The van der Waals surface area contributed by atoms with Gasteiger partial charge < -0.3 is 14.4 Å². The highest BCUT2D eigenvalue weighted by Gasteiger charge is 2.05. The van der Waals surface area contributed by atoms with Gasteiger partial charge in [-0.15, -0.1) is 0 Å². The first-order chi connectivity index (χ1) is 9.19. The largest absolute Gasteiger partial charge is 0.489 e. The molecule has 0 aliphatic heterocycles. The maximum absolute atomic E-state index is 6.08. The molecule has 0 aliphatic rings. The van der Waals surface area contributed by atoms with Crippen molar-refractivity contribution in [3.05, 3.63) is 28.8 Å². The van der Waals surface area contributed by atoms with E-state index in [-0.39, 0.29) is 0 Å². The van der Waals surface area contributed by atoms with Gasteiger partial charge in [0.1, 0.15) is 18.9 Å². The molecule has 0 atom stereocenters. The minimum atomic E-state index is 0.540. The summed E-state index contributed by atoms with van der Waals surface area (Å²) in [6.45, 7) is 11.7. The molecule has 0 saturated heterocycles. The summed E-state index contributed by atoms with van der Waals surface area (Å²) < 4.78 is 11.2. The number of likely N-dealkylation sites (N-methyl/N-ethyl adjacent to an activating group) is 1. The van der Waals surface area contributed by atoms with Crippen LogP contribution in [0.3, 0.4) is 0 Å². The first kappa shape index (κ1) is 16.3. The molecule has 0 unspecified atom stereocenters. The third-order valence-corrected chi connectivity index (χ3v) is 3.54. The molecule has 4 heteroatoms. The Hall–Kier alpha value is -0.770. The van der Waals surface area contributed by atoms with E-state index >= 15 is 0 Å². The molecule has 0 spiro atoms. The topological polar surface area (TPSA) is 22.9 Å². The van der Waals surface area contributed by atoms with Crippen LogP contribution in [0.15, 0.2) is 18.2 Å². The summed E-state index contributed by atoms with van der Waals surface area (Å²) in [6.07, 6.45) is 0. The van der Waals surface area contributed by atoms with Crippen LogP contribution in [-0.2, 0) is 4.74 Å². The number of hydrogen-bond donors (Lipinski definition) is 1. The highest BCUT2D eigenvalue weighted by Crippen LogP contribution is 2.27. The monoisotopic (exact) mass is 286 g/mol. The molecule has 3 nitrogen and oxygen atoms in total. The van der Waals surface area contributed by atoms with E-state index in [1.807, 2.05) is 25.1 Å². The maximum atomic E-state index is 6.08. The van der Waals surface area contributed by atoms with E-state index in [4.69, 9.17) is 21.1 Å². The van der Waals surface area contributed by atoms with E-state index in [1.165, 1.54) is 0 Å². The number of benzene rings is 1. The van der Waals surface area contributed by atoms with Gasteiger partial charge in [-0.1, -0.05) is 23.7 Å².